The summed E-state index contributed by atoms with van der Waals surface area (Å²) < 4.78 is 30.2. The number of hydrogen-bond acceptors (Lipinski definition) is 4. The van der Waals surface area contributed by atoms with Gasteiger partial charge in [-0.2, -0.15) is 0 Å². The summed E-state index contributed by atoms with van der Waals surface area (Å²) in [6.45, 7) is 10.8. The Morgan fingerprint density at radius 1 is 1.32 bits per heavy atom. The number of rotatable bonds is 3. The fourth-order valence-electron chi connectivity index (χ4n) is 2.74. The number of benzene rings is 2. The Balaban J connectivity index is 2.03. The van der Waals surface area contributed by atoms with Gasteiger partial charge in [-0.25, -0.2) is 14.0 Å². The molecule has 1 aliphatic heterocycles. The van der Waals surface area contributed by atoms with E-state index in [2.05, 4.69) is 4.85 Å². The highest BCUT2D eigenvalue weighted by molar-refractivity contribution is 5.91. The zero-order valence-corrected chi connectivity index (χ0v) is 14.1. The van der Waals surface area contributed by atoms with Gasteiger partial charge in [0.1, 0.15) is 28.7 Å². The van der Waals surface area contributed by atoms with E-state index in [0.29, 0.717) is 17.9 Å². The summed E-state index contributed by atoms with van der Waals surface area (Å²) in [6.07, 6.45) is 0.585. The first-order chi connectivity index (χ1) is 11.8. The molecule has 2 aromatic carbocycles. The summed E-state index contributed by atoms with van der Waals surface area (Å²) in [5, 5.41) is 0. The van der Waals surface area contributed by atoms with Crippen LogP contribution in [-0.4, -0.2) is 18.7 Å². The molecule has 0 unspecified atom stereocenters. The van der Waals surface area contributed by atoms with E-state index >= 15 is 0 Å². The van der Waals surface area contributed by atoms with Gasteiger partial charge in [0.15, 0.2) is 0 Å². The molecular weight excluding hydrogens is 325 g/mol. The minimum atomic E-state index is -0.662. The lowest BCUT2D eigenvalue weighted by Crippen LogP contribution is -2.24. The molecule has 0 aliphatic carbocycles. The molecule has 25 heavy (non-hydrogen) atoms. The SMILES string of the molecule is [C-]#[N+]c1ccc(Oc2cc(C(=O)OC)cc3c2CC(C)(C)O3)cc1F. The van der Waals surface area contributed by atoms with Crippen LogP contribution in [0.15, 0.2) is 30.3 Å². The van der Waals surface area contributed by atoms with Crippen molar-refractivity contribution in [3.05, 3.63) is 58.7 Å². The highest BCUT2D eigenvalue weighted by atomic mass is 19.1. The number of carbonyl (C=O) groups is 1. The topological polar surface area (TPSA) is 49.1 Å². The summed E-state index contributed by atoms with van der Waals surface area (Å²) >= 11 is 0. The number of halogens is 1. The number of methoxy groups -OCH3 is 1. The van der Waals surface area contributed by atoms with Crippen LogP contribution in [0.3, 0.4) is 0 Å². The maximum atomic E-state index is 13.8. The average Bonchev–Trinajstić information content (AvgIpc) is 2.88. The van der Waals surface area contributed by atoms with Gasteiger partial charge in [-0.3, -0.25) is 0 Å². The lowest BCUT2D eigenvalue weighted by Gasteiger charge is -2.16. The zero-order chi connectivity index (χ0) is 18.2. The minimum absolute atomic E-state index is 0.0784. The number of nitrogens with zero attached hydrogens (tertiary/aromatic N) is 1. The fraction of sp³-hybridized carbons (Fsp3) is 0.263. The van der Waals surface area contributed by atoms with Crippen molar-refractivity contribution in [3.63, 3.8) is 0 Å². The molecule has 2 aromatic rings. The Morgan fingerprint density at radius 2 is 2.08 bits per heavy atom. The number of hydrogen-bond donors (Lipinski definition) is 0. The second kappa shape index (κ2) is 6.10. The standard InChI is InChI=1S/C19H16FNO4/c1-19(2)10-13-16(7-11(18(22)23-4)8-17(13)25-19)24-12-5-6-15(21-3)14(20)9-12/h5-9H,10H2,1-2,4H3. The van der Waals surface area contributed by atoms with E-state index in [4.69, 9.17) is 20.8 Å². The van der Waals surface area contributed by atoms with E-state index in [1.54, 1.807) is 12.1 Å². The number of ether oxygens (including phenoxy) is 3. The van der Waals surface area contributed by atoms with E-state index in [0.717, 1.165) is 11.6 Å². The van der Waals surface area contributed by atoms with Crippen LogP contribution in [0, 0.1) is 12.4 Å². The van der Waals surface area contributed by atoms with Crippen molar-refractivity contribution in [2.75, 3.05) is 7.11 Å². The van der Waals surface area contributed by atoms with Crippen molar-refractivity contribution in [2.45, 2.75) is 25.9 Å². The molecule has 0 atom stereocenters. The molecule has 0 aromatic heterocycles. The van der Waals surface area contributed by atoms with Crippen molar-refractivity contribution in [3.8, 4) is 17.2 Å². The molecule has 3 rings (SSSR count). The molecule has 0 saturated carbocycles. The molecule has 0 fully saturated rings. The molecular formula is C19H16FNO4. The molecule has 128 valence electrons. The fourth-order valence-corrected chi connectivity index (χ4v) is 2.74. The van der Waals surface area contributed by atoms with Crippen LogP contribution < -0.4 is 9.47 Å². The van der Waals surface area contributed by atoms with Gasteiger partial charge in [0.25, 0.3) is 0 Å². The lowest BCUT2D eigenvalue weighted by atomic mass is 10.00. The van der Waals surface area contributed by atoms with Crippen molar-refractivity contribution >= 4 is 11.7 Å². The molecule has 5 nitrogen and oxygen atoms in total. The molecule has 0 radical (unpaired) electrons. The molecule has 6 heteroatoms. The van der Waals surface area contributed by atoms with E-state index in [9.17, 15) is 9.18 Å². The van der Waals surface area contributed by atoms with Crippen molar-refractivity contribution in [1.29, 1.82) is 0 Å². The van der Waals surface area contributed by atoms with Gasteiger partial charge in [-0.05, 0) is 38.1 Å². The monoisotopic (exact) mass is 341 g/mol. The Bertz CT molecular complexity index is 899. The van der Waals surface area contributed by atoms with E-state index in [1.807, 2.05) is 13.8 Å². The number of fused-ring (bicyclic) bond motifs is 1. The van der Waals surface area contributed by atoms with Crippen LogP contribution in [0.1, 0.15) is 29.8 Å². The highest BCUT2D eigenvalue weighted by Gasteiger charge is 2.34. The smallest absolute Gasteiger partial charge is 0.338 e. The highest BCUT2D eigenvalue weighted by Crippen LogP contribution is 2.43. The Kier molecular flexibility index (Phi) is 4.09. The van der Waals surface area contributed by atoms with Gasteiger partial charge in [-0.15, -0.1) is 0 Å². The van der Waals surface area contributed by atoms with E-state index in [-0.39, 0.29) is 17.0 Å². The third-order valence-corrected chi connectivity index (χ3v) is 3.85. The summed E-state index contributed by atoms with van der Waals surface area (Å²) in [4.78, 5) is 15.0. The largest absolute Gasteiger partial charge is 0.487 e. The van der Waals surface area contributed by atoms with Gasteiger partial charge >= 0.3 is 5.97 Å². The van der Waals surface area contributed by atoms with Gasteiger partial charge in [0.05, 0.1) is 19.2 Å². The first kappa shape index (κ1) is 16.8. The Labute approximate surface area is 144 Å². The molecule has 0 spiro atoms. The van der Waals surface area contributed by atoms with Crippen LogP contribution in [0.5, 0.6) is 17.2 Å². The van der Waals surface area contributed by atoms with E-state index < -0.39 is 17.4 Å². The third-order valence-electron chi connectivity index (χ3n) is 3.85. The summed E-state index contributed by atoms with van der Waals surface area (Å²) in [7, 11) is 1.29. The second-order valence-corrected chi connectivity index (χ2v) is 6.31. The van der Waals surface area contributed by atoms with Crippen LogP contribution in [0.4, 0.5) is 10.1 Å². The van der Waals surface area contributed by atoms with Crippen molar-refractivity contribution in [1.82, 2.24) is 0 Å². The normalized spacial score (nSPS) is 14.2. The average molecular weight is 341 g/mol. The molecule has 0 amide bonds. The van der Waals surface area contributed by atoms with Gasteiger partial charge in [0.2, 0.25) is 5.69 Å². The third kappa shape index (κ3) is 3.26. The van der Waals surface area contributed by atoms with Crippen LogP contribution >= 0.6 is 0 Å². The predicted molar refractivity (Wildman–Crippen MR) is 88.9 cm³/mol. The maximum Gasteiger partial charge on any atom is 0.338 e. The minimum Gasteiger partial charge on any atom is -0.487 e. The molecule has 1 aliphatic rings. The second-order valence-electron chi connectivity index (χ2n) is 6.31. The van der Waals surface area contributed by atoms with Crippen molar-refractivity contribution < 1.29 is 23.4 Å². The van der Waals surface area contributed by atoms with Crippen LogP contribution in [-0.2, 0) is 11.2 Å². The molecule has 1 heterocycles. The Morgan fingerprint density at radius 3 is 2.72 bits per heavy atom. The first-order valence-electron chi connectivity index (χ1n) is 7.62. The van der Waals surface area contributed by atoms with Crippen molar-refractivity contribution in [2.24, 2.45) is 0 Å². The number of esters is 1. The zero-order valence-electron chi connectivity index (χ0n) is 14.1. The molecule has 0 bridgehead atoms. The van der Waals surface area contributed by atoms with Crippen LogP contribution in [0.25, 0.3) is 4.85 Å². The molecule has 0 saturated heterocycles. The van der Waals surface area contributed by atoms with Crippen LogP contribution in [0.2, 0.25) is 0 Å². The first-order valence-corrected chi connectivity index (χ1v) is 7.62. The summed E-state index contributed by atoms with van der Waals surface area (Å²) in [5.41, 5.74) is 0.568. The quantitative estimate of drug-likeness (QED) is 0.601. The van der Waals surface area contributed by atoms with Gasteiger partial charge < -0.3 is 14.2 Å². The van der Waals surface area contributed by atoms with E-state index in [1.165, 1.54) is 19.2 Å². The molecule has 0 N–H and O–H groups in total. The lowest BCUT2D eigenvalue weighted by molar-refractivity contribution is 0.0599. The predicted octanol–water partition coefficient (Wildman–Crippen LogP) is 4.67. The van der Waals surface area contributed by atoms with Gasteiger partial charge in [-0.1, -0.05) is 0 Å². The number of carbonyl (C=O) groups excluding carboxylic acids is 1. The summed E-state index contributed by atoms with van der Waals surface area (Å²) in [6, 6.07) is 7.17. The summed E-state index contributed by atoms with van der Waals surface area (Å²) in [5.74, 6) is -0.00116. The van der Waals surface area contributed by atoms with Gasteiger partial charge in [0, 0.05) is 18.1 Å². The Hall–Kier alpha value is -3.07. The maximum absolute atomic E-state index is 13.8.